The molecule has 0 saturated carbocycles. The van der Waals surface area contributed by atoms with Gasteiger partial charge in [0.15, 0.2) is 0 Å². The molecule has 0 spiro atoms. The van der Waals surface area contributed by atoms with Crippen LogP contribution < -0.4 is 5.32 Å². The fourth-order valence-corrected chi connectivity index (χ4v) is 3.77. The standard InChI is InChI=1S/C15H22N2O3S/c1-11-6-8-13(9-7-11)12(2)16-15(18)14-5-4-10-17(14)21(3,19)20/h6-9,12,14H,4-5,10H2,1-3H3,(H,16,18)/t12-,14+/m1/s1. The third kappa shape index (κ3) is 3.83. The van der Waals surface area contributed by atoms with Crippen LogP contribution in [0.4, 0.5) is 0 Å². The predicted molar refractivity (Wildman–Crippen MR) is 82.3 cm³/mol. The summed E-state index contributed by atoms with van der Waals surface area (Å²) in [6.07, 6.45) is 2.46. The van der Waals surface area contributed by atoms with Crippen LogP contribution in [0, 0.1) is 6.92 Å². The third-order valence-corrected chi connectivity index (χ3v) is 5.16. The number of amides is 1. The van der Waals surface area contributed by atoms with E-state index in [1.54, 1.807) is 0 Å². The fourth-order valence-electron chi connectivity index (χ4n) is 2.65. The van der Waals surface area contributed by atoms with Crippen LogP contribution in [0.25, 0.3) is 0 Å². The second kappa shape index (κ2) is 6.15. The van der Waals surface area contributed by atoms with Crippen molar-refractivity contribution in [2.45, 2.75) is 38.8 Å². The molecule has 1 aromatic rings. The molecule has 1 fully saturated rings. The van der Waals surface area contributed by atoms with Gasteiger partial charge in [-0.3, -0.25) is 4.79 Å². The van der Waals surface area contributed by atoms with E-state index < -0.39 is 16.1 Å². The molecule has 1 saturated heterocycles. The zero-order valence-corrected chi connectivity index (χ0v) is 13.5. The van der Waals surface area contributed by atoms with E-state index in [-0.39, 0.29) is 11.9 Å². The Kier molecular flexibility index (Phi) is 4.68. The van der Waals surface area contributed by atoms with E-state index in [1.165, 1.54) is 4.31 Å². The minimum atomic E-state index is -3.33. The molecule has 5 nitrogen and oxygen atoms in total. The highest BCUT2D eigenvalue weighted by Crippen LogP contribution is 2.22. The zero-order chi connectivity index (χ0) is 15.6. The van der Waals surface area contributed by atoms with Crippen LogP contribution in [-0.2, 0) is 14.8 Å². The largest absolute Gasteiger partial charge is 0.348 e. The summed E-state index contributed by atoms with van der Waals surface area (Å²) >= 11 is 0. The molecule has 1 aliphatic rings. The van der Waals surface area contributed by atoms with Gasteiger partial charge in [-0.25, -0.2) is 8.42 Å². The van der Waals surface area contributed by atoms with Crippen molar-refractivity contribution in [3.63, 3.8) is 0 Å². The van der Waals surface area contributed by atoms with Crippen LogP contribution in [0.2, 0.25) is 0 Å². The molecule has 6 heteroatoms. The Hall–Kier alpha value is -1.40. The number of hydrogen-bond acceptors (Lipinski definition) is 3. The van der Waals surface area contributed by atoms with Crippen molar-refractivity contribution < 1.29 is 13.2 Å². The second-order valence-electron chi connectivity index (χ2n) is 5.67. The summed E-state index contributed by atoms with van der Waals surface area (Å²) in [5.41, 5.74) is 2.18. The third-order valence-electron chi connectivity index (χ3n) is 3.87. The van der Waals surface area contributed by atoms with Gasteiger partial charge in [-0.1, -0.05) is 29.8 Å². The smallest absolute Gasteiger partial charge is 0.238 e. The SMILES string of the molecule is Cc1ccc([C@@H](C)NC(=O)[C@@H]2CCCN2S(C)(=O)=O)cc1. The van der Waals surface area contributed by atoms with E-state index in [2.05, 4.69) is 5.32 Å². The number of carbonyl (C=O) groups is 1. The molecule has 1 amide bonds. The van der Waals surface area contributed by atoms with Crippen molar-refractivity contribution in [1.29, 1.82) is 0 Å². The Morgan fingerprint density at radius 2 is 1.95 bits per heavy atom. The van der Waals surface area contributed by atoms with Crippen molar-refractivity contribution in [1.82, 2.24) is 9.62 Å². The van der Waals surface area contributed by atoms with Crippen molar-refractivity contribution >= 4 is 15.9 Å². The molecule has 2 rings (SSSR count). The highest BCUT2D eigenvalue weighted by Gasteiger charge is 2.36. The Labute approximate surface area is 126 Å². The number of aryl methyl sites for hydroxylation is 1. The normalized spacial score (nSPS) is 21.2. The van der Waals surface area contributed by atoms with E-state index in [0.717, 1.165) is 23.8 Å². The van der Waals surface area contributed by atoms with E-state index in [4.69, 9.17) is 0 Å². The molecule has 21 heavy (non-hydrogen) atoms. The topological polar surface area (TPSA) is 66.5 Å². The van der Waals surface area contributed by atoms with Crippen LogP contribution in [-0.4, -0.2) is 37.5 Å². The molecule has 0 unspecified atom stereocenters. The first-order valence-electron chi connectivity index (χ1n) is 7.13. The molecular weight excluding hydrogens is 288 g/mol. The van der Waals surface area contributed by atoms with E-state index in [9.17, 15) is 13.2 Å². The summed E-state index contributed by atoms with van der Waals surface area (Å²) in [6.45, 7) is 4.34. The lowest BCUT2D eigenvalue weighted by molar-refractivity contribution is -0.124. The molecule has 1 heterocycles. The molecule has 0 aliphatic carbocycles. The summed E-state index contributed by atoms with van der Waals surface area (Å²) < 4.78 is 24.7. The van der Waals surface area contributed by atoms with Gasteiger partial charge in [-0.05, 0) is 32.3 Å². The van der Waals surface area contributed by atoms with Gasteiger partial charge in [0.25, 0.3) is 0 Å². The highest BCUT2D eigenvalue weighted by atomic mass is 32.2. The first-order valence-corrected chi connectivity index (χ1v) is 8.97. The summed E-state index contributed by atoms with van der Waals surface area (Å²) in [5.74, 6) is -0.217. The molecule has 1 aliphatic heterocycles. The van der Waals surface area contributed by atoms with E-state index in [1.807, 2.05) is 38.1 Å². The number of sulfonamides is 1. The molecule has 1 N–H and O–H groups in total. The minimum absolute atomic E-state index is 0.139. The predicted octanol–water partition coefficient (Wildman–Crippen LogP) is 1.60. The Morgan fingerprint density at radius 3 is 2.52 bits per heavy atom. The van der Waals surface area contributed by atoms with Crippen molar-refractivity contribution in [2.75, 3.05) is 12.8 Å². The molecule has 0 bridgehead atoms. The maximum atomic E-state index is 12.3. The first kappa shape index (κ1) is 16.0. The minimum Gasteiger partial charge on any atom is -0.348 e. The molecule has 116 valence electrons. The summed E-state index contributed by atoms with van der Waals surface area (Å²) in [7, 11) is -3.33. The van der Waals surface area contributed by atoms with Gasteiger partial charge in [-0.2, -0.15) is 4.31 Å². The van der Waals surface area contributed by atoms with Gasteiger partial charge >= 0.3 is 0 Å². The summed E-state index contributed by atoms with van der Waals surface area (Å²) in [4.78, 5) is 12.3. The maximum absolute atomic E-state index is 12.3. The van der Waals surface area contributed by atoms with Gasteiger partial charge in [0, 0.05) is 6.54 Å². The Morgan fingerprint density at radius 1 is 1.33 bits per heavy atom. The Balaban J connectivity index is 2.05. The lowest BCUT2D eigenvalue weighted by Crippen LogP contribution is -2.46. The van der Waals surface area contributed by atoms with Gasteiger partial charge < -0.3 is 5.32 Å². The lowest BCUT2D eigenvalue weighted by atomic mass is 10.1. The maximum Gasteiger partial charge on any atom is 0.238 e. The van der Waals surface area contributed by atoms with Gasteiger partial charge in [0.1, 0.15) is 6.04 Å². The van der Waals surface area contributed by atoms with Gasteiger partial charge in [0.2, 0.25) is 15.9 Å². The van der Waals surface area contributed by atoms with Gasteiger partial charge in [-0.15, -0.1) is 0 Å². The number of nitrogens with one attached hydrogen (secondary N) is 1. The van der Waals surface area contributed by atoms with Crippen molar-refractivity contribution in [3.05, 3.63) is 35.4 Å². The summed E-state index contributed by atoms with van der Waals surface area (Å²) in [6, 6.07) is 7.23. The number of hydrogen-bond donors (Lipinski definition) is 1. The number of rotatable bonds is 4. The van der Waals surface area contributed by atoms with Gasteiger partial charge in [0.05, 0.1) is 12.3 Å². The van der Waals surface area contributed by atoms with Crippen molar-refractivity contribution in [2.24, 2.45) is 0 Å². The van der Waals surface area contributed by atoms with Crippen LogP contribution in [0.1, 0.15) is 36.9 Å². The van der Waals surface area contributed by atoms with Crippen LogP contribution in [0.15, 0.2) is 24.3 Å². The van der Waals surface area contributed by atoms with Crippen molar-refractivity contribution in [3.8, 4) is 0 Å². The summed E-state index contributed by atoms with van der Waals surface area (Å²) in [5, 5.41) is 2.91. The zero-order valence-electron chi connectivity index (χ0n) is 12.7. The first-order chi connectivity index (χ1) is 9.79. The second-order valence-corrected chi connectivity index (χ2v) is 7.61. The monoisotopic (exact) mass is 310 g/mol. The van der Waals surface area contributed by atoms with E-state index in [0.29, 0.717) is 13.0 Å². The highest BCUT2D eigenvalue weighted by molar-refractivity contribution is 7.88. The molecule has 1 aromatic carbocycles. The van der Waals surface area contributed by atoms with Crippen LogP contribution in [0.5, 0.6) is 0 Å². The lowest BCUT2D eigenvalue weighted by Gasteiger charge is -2.23. The average Bonchev–Trinajstić information content (AvgIpc) is 2.88. The number of carbonyl (C=O) groups excluding carboxylic acids is 1. The average molecular weight is 310 g/mol. The molecule has 0 radical (unpaired) electrons. The Bertz CT molecular complexity index is 610. The number of benzene rings is 1. The quantitative estimate of drug-likeness (QED) is 0.918. The molecular formula is C15H22N2O3S. The fraction of sp³-hybridized carbons (Fsp3) is 0.533. The molecule has 2 atom stereocenters. The van der Waals surface area contributed by atoms with E-state index >= 15 is 0 Å². The molecule has 0 aromatic heterocycles. The number of nitrogens with zero attached hydrogens (tertiary/aromatic N) is 1. The van der Waals surface area contributed by atoms with Crippen LogP contribution >= 0.6 is 0 Å². The van der Waals surface area contributed by atoms with Crippen LogP contribution in [0.3, 0.4) is 0 Å².